The highest BCUT2D eigenvalue weighted by atomic mass is 16.5. The molecule has 2 N–H and O–H groups in total. The maximum atomic E-state index is 12.5. The summed E-state index contributed by atoms with van der Waals surface area (Å²) < 4.78 is 5.21. The number of carbonyl (C=O) groups excluding carboxylic acids is 2. The van der Waals surface area contributed by atoms with E-state index in [1.807, 2.05) is 30.0 Å². The van der Waals surface area contributed by atoms with Crippen LogP contribution in [0.15, 0.2) is 30.3 Å². The van der Waals surface area contributed by atoms with Crippen molar-refractivity contribution in [2.75, 3.05) is 13.2 Å². The van der Waals surface area contributed by atoms with E-state index in [1.54, 1.807) is 18.2 Å². The lowest BCUT2D eigenvalue weighted by atomic mass is 9.94. The van der Waals surface area contributed by atoms with E-state index >= 15 is 0 Å². The Morgan fingerprint density at radius 1 is 1.21 bits per heavy atom. The number of likely N-dealkylation sites (N-methyl/N-ethyl adjacent to an activating group) is 1. The molecule has 0 atom stereocenters. The lowest BCUT2D eigenvalue weighted by molar-refractivity contribution is -0.128. The number of benzene rings is 1. The molecule has 0 aliphatic heterocycles. The van der Waals surface area contributed by atoms with Crippen LogP contribution >= 0.6 is 0 Å². The van der Waals surface area contributed by atoms with Gasteiger partial charge in [-0.25, -0.2) is 0 Å². The number of primary amides is 1. The van der Waals surface area contributed by atoms with Crippen molar-refractivity contribution in [3.8, 4) is 5.75 Å². The average molecular weight is 330 g/mol. The standard InChI is InChI=1S/C19H26N2O3/c1-2-21(16-6-4-3-5-7-16)19(23)13-10-15-8-11-17(12-9-15)24-14-18(20)22/h8-13,16H,2-7,14H2,1H3,(H2,20,22)/b13-10+. The summed E-state index contributed by atoms with van der Waals surface area (Å²) in [5.41, 5.74) is 5.95. The van der Waals surface area contributed by atoms with Crippen molar-refractivity contribution in [2.24, 2.45) is 5.73 Å². The zero-order chi connectivity index (χ0) is 17.4. The summed E-state index contributed by atoms with van der Waals surface area (Å²) in [6.45, 7) is 2.64. The van der Waals surface area contributed by atoms with E-state index in [-0.39, 0.29) is 12.5 Å². The maximum Gasteiger partial charge on any atom is 0.255 e. The van der Waals surface area contributed by atoms with Crippen LogP contribution in [-0.4, -0.2) is 35.9 Å². The van der Waals surface area contributed by atoms with Crippen LogP contribution in [0.3, 0.4) is 0 Å². The van der Waals surface area contributed by atoms with Gasteiger partial charge in [-0.2, -0.15) is 0 Å². The van der Waals surface area contributed by atoms with E-state index in [2.05, 4.69) is 0 Å². The second kappa shape index (κ2) is 9.11. The molecule has 5 nitrogen and oxygen atoms in total. The molecule has 0 saturated heterocycles. The fraction of sp³-hybridized carbons (Fsp3) is 0.474. The molecule has 0 spiro atoms. The summed E-state index contributed by atoms with van der Waals surface area (Å²) in [6, 6.07) is 7.58. The first kappa shape index (κ1) is 18.0. The molecule has 1 fully saturated rings. The van der Waals surface area contributed by atoms with Crippen molar-refractivity contribution in [2.45, 2.75) is 45.1 Å². The van der Waals surface area contributed by atoms with E-state index in [0.717, 1.165) is 24.9 Å². The van der Waals surface area contributed by atoms with Crippen LogP contribution < -0.4 is 10.5 Å². The first-order chi connectivity index (χ1) is 11.6. The summed E-state index contributed by atoms with van der Waals surface area (Å²) in [5.74, 6) is 0.139. The normalized spacial score (nSPS) is 15.4. The average Bonchev–Trinajstić information content (AvgIpc) is 2.60. The van der Waals surface area contributed by atoms with Crippen LogP contribution in [0.2, 0.25) is 0 Å². The number of carbonyl (C=O) groups is 2. The molecule has 2 rings (SSSR count). The van der Waals surface area contributed by atoms with E-state index in [0.29, 0.717) is 11.8 Å². The number of nitrogens with zero attached hydrogens (tertiary/aromatic N) is 1. The highest BCUT2D eigenvalue weighted by Gasteiger charge is 2.22. The van der Waals surface area contributed by atoms with Gasteiger partial charge < -0.3 is 15.4 Å². The van der Waals surface area contributed by atoms with Crippen molar-refractivity contribution in [1.29, 1.82) is 0 Å². The minimum absolute atomic E-state index is 0.0680. The Labute approximate surface area is 143 Å². The summed E-state index contributed by atoms with van der Waals surface area (Å²) in [7, 11) is 0. The molecule has 0 aromatic heterocycles. The first-order valence-electron chi connectivity index (χ1n) is 8.60. The Hall–Kier alpha value is -2.30. The minimum atomic E-state index is -0.507. The molecule has 0 radical (unpaired) electrons. The summed E-state index contributed by atoms with van der Waals surface area (Å²) in [4.78, 5) is 25.1. The molecule has 1 aromatic carbocycles. The topological polar surface area (TPSA) is 72.6 Å². The molecule has 2 amide bonds. The smallest absolute Gasteiger partial charge is 0.255 e. The Kier molecular flexibility index (Phi) is 6.85. The number of amides is 2. The highest BCUT2D eigenvalue weighted by Crippen LogP contribution is 2.23. The monoisotopic (exact) mass is 330 g/mol. The molecule has 0 bridgehead atoms. The first-order valence-corrected chi connectivity index (χ1v) is 8.60. The number of hydrogen-bond donors (Lipinski definition) is 1. The van der Waals surface area contributed by atoms with Crippen LogP contribution in [0.4, 0.5) is 0 Å². The third kappa shape index (κ3) is 5.41. The Bertz CT molecular complexity index is 575. The van der Waals surface area contributed by atoms with Crippen LogP contribution in [0.1, 0.15) is 44.6 Å². The molecular formula is C19H26N2O3. The maximum absolute atomic E-state index is 12.5. The third-order valence-electron chi connectivity index (χ3n) is 4.32. The van der Waals surface area contributed by atoms with Crippen LogP contribution in [0.5, 0.6) is 5.75 Å². The molecule has 1 aliphatic carbocycles. The SMILES string of the molecule is CCN(C(=O)/C=C/c1ccc(OCC(N)=O)cc1)C1CCCCC1. The number of ether oxygens (including phenoxy) is 1. The summed E-state index contributed by atoms with van der Waals surface area (Å²) in [6.07, 6.45) is 9.37. The fourth-order valence-corrected chi connectivity index (χ4v) is 3.08. The summed E-state index contributed by atoms with van der Waals surface area (Å²) in [5, 5.41) is 0. The van der Waals surface area contributed by atoms with Gasteiger partial charge in [0.05, 0.1) is 0 Å². The lowest BCUT2D eigenvalue weighted by Gasteiger charge is -2.32. The van der Waals surface area contributed by atoms with Gasteiger partial charge in [-0.15, -0.1) is 0 Å². The van der Waals surface area contributed by atoms with E-state index in [9.17, 15) is 9.59 Å². The highest BCUT2D eigenvalue weighted by molar-refractivity contribution is 5.92. The molecular weight excluding hydrogens is 304 g/mol. The van der Waals surface area contributed by atoms with Gasteiger partial charge in [-0.05, 0) is 43.5 Å². The van der Waals surface area contributed by atoms with Gasteiger partial charge in [0.2, 0.25) is 5.91 Å². The lowest BCUT2D eigenvalue weighted by Crippen LogP contribution is -2.40. The van der Waals surface area contributed by atoms with Gasteiger partial charge in [0.25, 0.3) is 5.91 Å². The largest absolute Gasteiger partial charge is 0.484 e. The molecule has 1 aromatic rings. The number of hydrogen-bond acceptors (Lipinski definition) is 3. The molecule has 5 heteroatoms. The zero-order valence-corrected chi connectivity index (χ0v) is 14.2. The van der Waals surface area contributed by atoms with E-state index in [1.165, 1.54) is 19.3 Å². The minimum Gasteiger partial charge on any atom is -0.484 e. The molecule has 24 heavy (non-hydrogen) atoms. The molecule has 1 aliphatic rings. The number of rotatable bonds is 7. The van der Waals surface area contributed by atoms with Crippen molar-refractivity contribution < 1.29 is 14.3 Å². The van der Waals surface area contributed by atoms with Gasteiger partial charge in [0, 0.05) is 18.7 Å². The Morgan fingerprint density at radius 2 is 1.88 bits per heavy atom. The predicted molar refractivity (Wildman–Crippen MR) is 94.4 cm³/mol. The van der Waals surface area contributed by atoms with Gasteiger partial charge in [-0.1, -0.05) is 31.4 Å². The van der Waals surface area contributed by atoms with E-state index < -0.39 is 5.91 Å². The second-order valence-electron chi connectivity index (χ2n) is 6.07. The zero-order valence-electron chi connectivity index (χ0n) is 14.2. The Morgan fingerprint density at radius 3 is 2.46 bits per heavy atom. The van der Waals surface area contributed by atoms with Gasteiger partial charge >= 0.3 is 0 Å². The molecule has 130 valence electrons. The van der Waals surface area contributed by atoms with Gasteiger partial charge in [0.1, 0.15) is 5.75 Å². The molecule has 0 unspecified atom stereocenters. The third-order valence-corrected chi connectivity index (χ3v) is 4.32. The second-order valence-corrected chi connectivity index (χ2v) is 6.07. The molecule has 1 saturated carbocycles. The van der Waals surface area contributed by atoms with E-state index in [4.69, 9.17) is 10.5 Å². The Balaban J connectivity index is 1.93. The van der Waals surface area contributed by atoms with Gasteiger partial charge in [0.15, 0.2) is 6.61 Å². The number of nitrogens with two attached hydrogens (primary N) is 1. The van der Waals surface area contributed by atoms with Crippen molar-refractivity contribution >= 4 is 17.9 Å². The predicted octanol–water partition coefficient (Wildman–Crippen LogP) is 2.75. The quantitative estimate of drug-likeness (QED) is 0.781. The van der Waals surface area contributed by atoms with Crippen molar-refractivity contribution in [3.05, 3.63) is 35.9 Å². The van der Waals surface area contributed by atoms with Crippen molar-refractivity contribution in [3.63, 3.8) is 0 Å². The van der Waals surface area contributed by atoms with Crippen LogP contribution in [0, 0.1) is 0 Å². The fourth-order valence-electron chi connectivity index (χ4n) is 3.08. The van der Waals surface area contributed by atoms with Gasteiger partial charge in [-0.3, -0.25) is 9.59 Å². The summed E-state index contributed by atoms with van der Waals surface area (Å²) >= 11 is 0. The van der Waals surface area contributed by atoms with Crippen LogP contribution in [0.25, 0.3) is 6.08 Å². The van der Waals surface area contributed by atoms with Crippen LogP contribution in [-0.2, 0) is 9.59 Å². The van der Waals surface area contributed by atoms with Crippen molar-refractivity contribution in [1.82, 2.24) is 4.90 Å². The molecule has 0 heterocycles.